The monoisotopic (exact) mass is 342 g/mol. The zero-order valence-corrected chi connectivity index (χ0v) is 15.0. The molecule has 1 fully saturated rings. The number of hydrogen-bond donors (Lipinski definition) is 0. The summed E-state index contributed by atoms with van der Waals surface area (Å²) in [6.07, 6.45) is 0. The van der Waals surface area contributed by atoms with Gasteiger partial charge in [0.2, 0.25) is 5.91 Å². The lowest BCUT2D eigenvalue weighted by Gasteiger charge is -2.47. The van der Waals surface area contributed by atoms with Gasteiger partial charge in [0.25, 0.3) is 0 Å². The standard InChI is InChI=1S/C23H22N2O/c1-24(2)19-15-13-18(14-16-19)22-21(17-9-5-3-6-10-17)23(26)25(22)20-11-7-4-8-12-20/h3-16,21-22H,1-2H3/t21-,22+/m1/s1. The third-order valence-corrected chi connectivity index (χ3v) is 5.04. The minimum absolute atomic E-state index is 0.0171. The van der Waals surface area contributed by atoms with Crippen molar-refractivity contribution in [1.29, 1.82) is 0 Å². The summed E-state index contributed by atoms with van der Waals surface area (Å²) in [7, 11) is 4.07. The number of carbonyl (C=O) groups is 1. The first-order valence-corrected chi connectivity index (χ1v) is 8.87. The maximum absolute atomic E-state index is 13.0. The Balaban J connectivity index is 1.75. The van der Waals surface area contributed by atoms with E-state index in [1.165, 1.54) is 0 Å². The van der Waals surface area contributed by atoms with Gasteiger partial charge in [-0.25, -0.2) is 0 Å². The molecule has 1 heterocycles. The fourth-order valence-corrected chi connectivity index (χ4v) is 3.66. The van der Waals surface area contributed by atoms with Crippen molar-refractivity contribution in [2.24, 2.45) is 0 Å². The van der Waals surface area contributed by atoms with E-state index in [9.17, 15) is 4.79 Å². The van der Waals surface area contributed by atoms with Gasteiger partial charge < -0.3 is 9.80 Å². The van der Waals surface area contributed by atoms with E-state index in [0.717, 1.165) is 22.5 Å². The molecule has 0 unspecified atom stereocenters. The maximum atomic E-state index is 13.0. The summed E-state index contributed by atoms with van der Waals surface area (Å²) in [5, 5.41) is 0. The first-order valence-electron chi connectivity index (χ1n) is 8.87. The molecule has 0 spiro atoms. The van der Waals surface area contributed by atoms with Crippen molar-refractivity contribution >= 4 is 17.3 Å². The predicted molar refractivity (Wildman–Crippen MR) is 107 cm³/mol. The molecule has 1 saturated heterocycles. The second-order valence-electron chi connectivity index (χ2n) is 6.86. The molecule has 26 heavy (non-hydrogen) atoms. The topological polar surface area (TPSA) is 23.6 Å². The fourth-order valence-electron chi connectivity index (χ4n) is 3.66. The third-order valence-electron chi connectivity index (χ3n) is 5.04. The lowest BCUT2D eigenvalue weighted by molar-refractivity contribution is -0.126. The lowest BCUT2D eigenvalue weighted by Crippen LogP contribution is -2.53. The average molecular weight is 342 g/mol. The van der Waals surface area contributed by atoms with Crippen molar-refractivity contribution < 1.29 is 4.79 Å². The summed E-state index contributed by atoms with van der Waals surface area (Å²) in [4.78, 5) is 17.0. The molecule has 3 aromatic carbocycles. The highest BCUT2D eigenvalue weighted by Crippen LogP contribution is 2.48. The normalized spacial score (nSPS) is 19.2. The Kier molecular flexibility index (Phi) is 4.21. The number of anilines is 2. The number of benzene rings is 3. The number of carbonyl (C=O) groups excluding carboxylic acids is 1. The van der Waals surface area contributed by atoms with Crippen LogP contribution in [0.1, 0.15) is 23.1 Å². The Morgan fingerprint density at radius 2 is 1.31 bits per heavy atom. The molecule has 1 amide bonds. The fraction of sp³-hybridized carbons (Fsp3) is 0.174. The van der Waals surface area contributed by atoms with Crippen molar-refractivity contribution in [1.82, 2.24) is 0 Å². The Labute approximate surface area is 154 Å². The van der Waals surface area contributed by atoms with Crippen LogP contribution in [0.25, 0.3) is 0 Å². The van der Waals surface area contributed by atoms with Crippen LogP contribution in [0, 0.1) is 0 Å². The van der Waals surface area contributed by atoms with Crippen LogP contribution in [-0.4, -0.2) is 20.0 Å². The summed E-state index contributed by atoms with van der Waals surface area (Å²) in [5.41, 5.74) is 4.34. The quantitative estimate of drug-likeness (QED) is 0.646. The Hall–Kier alpha value is -3.07. The molecule has 2 atom stereocenters. The van der Waals surface area contributed by atoms with Gasteiger partial charge in [-0.15, -0.1) is 0 Å². The third kappa shape index (κ3) is 2.76. The molecule has 1 aliphatic rings. The van der Waals surface area contributed by atoms with Gasteiger partial charge in [0, 0.05) is 25.5 Å². The van der Waals surface area contributed by atoms with E-state index in [4.69, 9.17) is 0 Å². The first kappa shape index (κ1) is 16.4. The van der Waals surface area contributed by atoms with Crippen LogP contribution in [-0.2, 0) is 4.79 Å². The van der Waals surface area contributed by atoms with E-state index in [0.29, 0.717) is 0 Å². The van der Waals surface area contributed by atoms with Crippen LogP contribution < -0.4 is 9.80 Å². The van der Waals surface area contributed by atoms with Crippen molar-refractivity contribution in [2.45, 2.75) is 12.0 Å². The zero-order valence-electron chi connectivity index (χ0n) is 15.0. The zero-order chi connectivity index (χ0) is 18.1. The summed E-state index contributed by atoms with van der Waals surface area (Å²) >= 11 is 0. The highest BCUT2D eigenvalue weighted by atomic mass is 16.2. The molecule has 1 aliphatic heterocycles. The number of amides is 1. The van der Waals surface area contributed by atoms with Gasteiger partial charge in [-0.2, -0.15) is 0 Å². The van der Waals surface area contributed by atoms with Crippen LogP contribution in [0.15, 0.2) is 84.9 Å². The minimum Gasteiger partial charge on any atom is -0.378 e. The van der Waals surface area contributed by atoms with Gasteiger partial charge in [0.05, 0.1) is 12.0 Å². The Bertz CT molecular complexity index is 839. The van der Waals surface area contributed by atoms with Gasteiger partial charge in [-0.3, -0.25) is 4.79 Å². The maximum Gasteiger partial charge on any atom is 0.237 e. The molecular weight excluding hydrogens is 320 g/mol. The molecule has 4 rings (SSSR count). The van der Waals surface area contributed by atoms with E-state index in [-0.39, 0.29) is 17.9 Å². The lowest BCUT2D eigenvalue weighted by atomic mass is 9.77. The molecule has 0 saturated carbocycles. The summed E-state index contributed by atoms with van der Waals surface area (Å²) in [5.74, 6) is 0.0192. The van der Waals surface area contributed by atoms with Crippen LogP contribution in [0.4, 0.5) is 11.4 Å². The predicted octanol–water partition coefficient (Wildman–Crippen LogP) is 4.62. The van der Waals surface area contributed by atoms with Crippen LogP contribution >= 0.6 is 0 Å². The minimum atomic E-state index is -0.137. The van der Waals surface area contributed by atoms with Gasteiger partial charge in [-0.1, -0.05) is 60.7 Å². The second-order valence-corrected chi connectivity index (χ2v) is 6.86. The molecule has 0 radical (unpaired) electrons. The molecule has 0 aliphatic carbocycles. The van der Waals surface area contributed by atoms with Crippen LogP contribution in [0.2, 0.25) is 0 Å². The number of β-lactam (4-membered cyclic amide) rings is 1. The van der Waals surface area contributed by atoms with E-state index in [1.54, 1.807) is 0 Å². The van der Waals surface area contributed by atoms with E-state index in [2.05, 4.69) is 29.2 Å². The molecular formula is C23H22N2O. The highest BCUT2D eigenvalue weighted by molar-refractivity contribution is 6.06. The van der Waals surface area contributed by atoms with Crippen LogP contribution in [0.5, 0.6) is 0 Å². The van der Waals surface area contributed by atoms with Gasteiger partial charge >= 0.3 is 0 Å². The van der Waals surface area contributed by atoms with E-state index >= 15 is 0 Å². The largest absolute Gasteiger partial charge is 0.378 e. The summed E-state index contributed by atoms with van der Waals surface area (Å²) in [6, 6.07) is 28.5. The average Bonchev–Trinajstić information content (AvgIpc) is 2.68. The van der Waals surface area contributed by atoms with Crippen LogP contribution in [0.3, 0.4) is 0 Å². The van der Waals surface area contributed by atoms with Gasteiger partial charge in [-0.05, 0) is 35.4 Å². The summed E-state index contributed by atoms with van der Waals surface area (Å²) < 4.78 is 0. The molecule has 0 bridgehead atoms. The molecule has 0 N–H and O–H groups in total. The Morgan fingerprint density at radius 3 is 1.88 bits per heavy atom. The number of rotatable bonds is 4. The number of nitrogens with zero attached hydrogens (tertiary/aromatic N) is 2. The Morgan fingerprint density at radius 1 is 0.731 bits per heavy atom. The number of para-hydroxylation sites is 1. The molecule has 0 aromatic heterocycles. The van der Waals surface area contributed by atoms with Crippen molar-refractivity contribution in [2.75, 3.05) is 23.9 Å². The van der Waals surface area contributed by atoms with Crippen molar-refractivity contribution in [3.05, 3.63) is 96.1 Å². The summed E-state index contributed by atoms with van der Waals surface area (Å²) in [6.45, 7) is 0. The molecule has 3 heteroatoms. The second kappa shape index (κ2) is 6.68. The molecule has 3 aromatic rings. The molecule has 130 valence electrons. The highest BCUT2D eigenvalue weighted by Gasteiger charge is 2.49. The first-order chi connectivity index (χ1) is 12.7. The van der Waals surface area contributed by atoms with Gasteiger partial charge in [0.1, 0.15) is 0 Å². The SMILES string of the molecule is CN(C)c1ccc([C@H]2[C@@H](c3ccccc3)C(=O)N2c2ccccc2)cc1. The van der Waals surface area contributed by atoms with E-state index in [1.807, 2.05) is 79.7 Å². The van der Waals surface area contributed by atoms with Gasteiger partial charge in [0.15, 0.2) is 0 Å². The number of hydrogen-bond acceptors (Lipinski definition) is 2. The van der Waals surface area contributed by atoms with Crippen molar-refractivity contribution in [3.8, 4) is 0 Å². The smallest absolute Gasteiger partial charge is 0.237 e. The van der Waals surface area contributed by atoms with Crippen molar-refractivity contribution in [3.63, 3.8) is 0 Å². The molecule has 3 nitrogen and oxygen atoms in total. The van der Waals surface area contributed by atoms with E-state index < -0.39 is 0 Å².